The predicted octanol–water partition coefficient (Wildman–Crippen LogP) is 4.00. The Hall–Kier alpha value is -1.35. The molecule has 1 fully saturated rings. The summed E-state index contributed by atoms with van der Waals surface area (Å²) in [5.41, 5.74) is 1.12. The second-order valence-electron chi connectivity index (χ2n) is 6.27. The van der Waals surface area contributed by atoms with Gasteiger partial charge in [-0.05, 0) is 26.0 Å². The molecule has 26 heavy (non-hydrogen) atoms. The van der Waals surface area contributed by atoms with Crippen molar-refractivity contribution < 1.29 is 4.74 Å². The van der Waals surface area contributed by atoms with Gasteiger partial charge in [-0.1, -0.05) is 18.2 Å². The Morgan fingerprint density at radius 3 is 2.54 bits per heavy atom. The van der Waals surface area contributed by atoms with Crippen LogP contribution in [0.15, 0.2) is 35.3 Å². The standard InChI is InChI=1S/C19H26N4OS.HI/c1-14-15(2)25-18(22-14)13-21-19(20-3)23-11-9-17(10-12-23)24-16-7-5-4-6-8-16;/h4-8,17H,9-13H2,1-3H3,(H,20,21);1H. The van der Waals surface area contributed by atoms with Crippen molar-refractivity contribution in [3.05, 3.63) is 45.9 Å². The number of aliphatic imine (C=N–C) groups is 1. The molecule has 7 heteroatoms. The lowest BCUT2D eigenvalue weighted by atomic mass is 10.1. The Bertz CT molecular complexity index is 692. The van der Waals surface area contributed by atoms with Crippen LogP contribution in [0.1, 0.15) is 28.4 Å². The lowest BCUT2D eigenvalue weighted by Crippen LogP contribution is -2.47. The molecule has 1 aromatic heterocycles. The van der Waals surface area contributed by atoms with Crippen LogP contribution in [-0.4, -0.2) is 42.1 Å². The van der Waals surface area contributed by atoms with Crippen LogP contribution in [0.5, 0.6) is 5.75 Å². The first-order valence-electron chi connectivity index (χ1n) is 8.76. The fourth-order valence-electron chi connectivity index (χ4n) is 2.98. The third-order valence-electron chi connectivity index (χ3n) is 4.47. The highest BCUT2D eigenvalue weighted by Crippen LogP contribution is 2.19. The summed E-state index contributed by atoms with van der Waals surface area (Å²) >= 11 is 1.75. The Morgan fingerprint density at radius 1 is 1.27 bits per heavy atom. The van der Waals surface area contributed by atoms with Crippen LogP contribution in [0, 0.1) is 13.8 Å². The zero-order valence-electron chi connectivity index (χ0n) is 15.6. The van der Waals surface area contributed by atoms with Crippen molar-refractivity contribution in [3.63, 3.8) is 0 Å². The first kappa shape index (κ1) is 21.0. The van der Waals surface area contributed by atoms with Gasteiger partial charge in [-0.2, -0.15) is 0 Å². The number of hydrogen-bond donors (Lipinski definition) is 1. The molecule has 0 atom stereocenters. The van der Waals surface area contributed by atoms with Crippen LogP contribution < -0.4 is 10.1 Å². The van der Waals surface area contributed by atoms with E-state index in [0.29, 0.717) is 0 Å². The minimum Gasteiger partial charge on any atom is -0.490 e. The van der Waals surface area contributed by atoms with Crippen molar-refractivity contribution in [2.75, 3.05) is 20.1 Å². The van der Waals surface area contributed by atoms with E-state index in [0.717, 1.165) is 54.9 Å². The van der Waals surface area contributed by atoms with Gasteiger partial charge < -0.3 is 15.0 Å². The number of thiazole rings is 1. The quantitative estimate of drug-likeness (QED) is 0.404. The molecular formula is C19H27IN4OS. The van der Waals surface area contributed by atoms with E-state index in [9.17, 15) is 0 Å². The molecule has 1 aliphatic heterocycles. The second kappa shape index (κ2) is 10.1. The number of guanidine groups is 1. The van der Waals surface area contributed by atoms with E-state index in [4.69, 9.17) is 4.74 Å². The van der Waals surface area contributed by atoms with Gasteiger partial charge >= 0.3 is 0 Å². The number of aryl methyl sites for hydroxylation is 2. The van der Waals surface area contributed by atoms with Crippen molar-refractivity contribution in [1.29, 1.82) is 0 Å². The van der Waals surface area contributed by atoms with Gasteiger partial charge in [-0.25, -0.2) is 4.98 Å². The number of halogens is 1. The Morgan fingerprint density at radius 2 is 1.96 bits per heavy atom. The van der Waals surface area contributed by atoms with E-state index in [-0.39, 0.29) is 30.1 Å². The molecule has 2 aromatic rings. The normalized spacial score (nSPS) is 15.5. The number of piperidine rings is 1. The third-order valence-corrected chi connectivity index (χ3v) is 5.54. The minimum absolute atomic E-state index is 0. The van der Waals surface area contributed by atoms with Gasteiger partial charge in [-0.15, -0.1) is 35.3 Å². The van der Waals surface area contributed by atoms with E-state index in [1.165, 1.54) is 4.88 Å². The van der Waals surface area contributed by atoms with Crippen molar-refractivity contribution >= 4 is 41.3 Å². The molecular weight excluding hydrogens is 459 g/mol. The maximum atomic E-state index is 6.07. The molecule has 2 heterocycles. The monoisotopic (exact) mass is 486 g/mol. The lowest BCUT2D eigenvalue weighted by Gasteiger charge is -2.34. The summed E-state index contributed by atoms with van der Waals surface area (Å²) < 4.78 is 6.07. The van der Waals surface area contributed by atoms with Gasteiger partial charge in [0, 0.05) is 37.9 Å². The topological polar surface area (TPSA) is 49.8 Å². The fourth-order valence-corrected chi connectivity index (χ4v) is 3.85. The number of likely N-dealkylation sites (tertiary alicyclic amines) is 1. The average Bonchev–Trinajstić information content (AvgIpc) is 2.95. The number of benzene rings is 1. The van der Waals surface area contributed by atoms with Gasteiger partial charge in [0.2, 0.25) is 0 Å². The zero-order valence-corrected chi connectivity index (χ0v) is 18.7. The highest BCUT2D eigenvalue weighted by molar-refractivity contribution is 14.0. The van der Waals surface area contributed by atoms with Crippen molar-refractivity contribution in [2.24, 2.45) is 4.99 Å². The molecule has 1 N–H and O–H groups in total. The molecule has 1 aliphatic rings. The first-order chi connectivity index (χ1) is 12.2. The molecule has 0 radical (unpaired) electrons. The average molecular weight is 486 g/mol. The molecule has 1 aromatic carbocycles. The Labute approximate surface area is 176 Å². The minimum atomic E-state index is 0. The summed E-state index contributed by atoms with van der Waals surface area (Å²) in [6.07, 6.45) is 2.29. The predicted molar refractivity (Wildman–Crippen MR) is 119 cm³/mol. The second-order valence-corrected chi connectivity index (χ2v) is 7.56. The number of rotatable bonds is 4. The molecule has 5 nitrogen and oxygen atoms in total. The van der Waals surface area contributed by atoms with Crippen LogP contribution in [0.2, 0.25) is 0 Å². The van der Waals surface area contributed by atoms with E-state index < -0.39 is 0 Å². The van der Waals surface area contributed by atoms with E-state index in [2.05, 4.69) is 34.0 Å². The number of hydrogen-bond acceptors (Lipinski definition) is 4. The summed E-state index contributed by atoms with van der Waals surface area (Å²) in [7, 11) is 1.84. The summed E-state index contributed by atoms with van der Waals surface area (Å²) in [6, 6.07) is 10.1. The fraction of sp³-hybridized carbons (Fsp3) is 0.474. The third kappa shape index (κ3) is 5.57. The van der Waals surface area contributed by atoms with Crippen LogP contribution in [0.3, 0.4) is 0 Å². The van der Waals surface area contributed by atoms with Gasteiger partial charge in [0.05, 0.1) is 12.2 Å². The molecule has 0 amide bonds. The van der Waals surface area contributed by atoms with Crippen LogP contribution in [0.4, 0.5) is 0 Å². The van der Waals surface area contributed by atoms with Gasteiger partial charge in [0.1, 0.15) is 16.9 Å². The Kier molecular flexibility index (Phi) is 8.15. The summed E-state index contributed by atoms with van der Waals surface area (Å²) in [6.45, 7) is 6.80. The number of aromatic nitrogens is 1. The smallest absolute Gasteiger partial charge is 0.193 e. The van der Waals surface area contributed by atoms with E-state index >= 15 is 0 Å². The number of nitrogens with zero attached hydrogens (tertiary/aromatic N) is 3. The molecule has 0 bridgehead atoms. The number of nitrogens with one attached hydrogen (secondary N) is 1. The Balaban J connectivity index is 0.00000243. The first-order valence-corrected chi connectivity index (χ1v) is 9.57. The molecule has 1 saturated heterocycles. The van der Waals surface area contributed by atoms with Crippen LogP contribution >= 0.6 is 35.3 Å². The summed E-state index contributed by atoms with van der Waals surface area (Å²) in [4.78, 5) is 12.6. The number of para-hydroxylation sites is 1. The SMILES string of the molecule is CN=C(NCc1nc(C)c(C)s1)N1CCC(Oc2ccccc2)CC1.I. The van der Waals surface area contributed by atoms with Gasteiger partial charge in [-0.3, -0.25) is 4.99 Å². The van der Waals surface area contributed by atoms with Gasteiger partial charge in [0.15, 0.2) is 5.96 Å². The van der Waals surface area contributed by atoms with Gasteiger partial charge in [0.25, 0.3) is 0 Å². The van der Waals surface area contributed by atoms with E-state index in [1.54, 1.807) is 11.3 Å². The maximum absolute atomic E-state index is 6.07. The molecule has 3 rings (SSSR count). The summed E-state index contributed by atoms with van der Waals surface area (Å²) in [5.74, 6) is 1.90. The molecule has 0 saturated carbocycles. The molecule has 0 aliphatic carbocycles. The maximum Gasteiger partial charge on any atom is 0.193 e. The van der Waals surface area contributed by atoms with Crippen LogP contribution in [0.25, 0.3) is 0 Å². The van der Waals surface area contributed by atoms with Crippen molar-refractivity contribution in [1.82, 2.24) is 15.2 Å². The number of ether oxygens (including phenoxy) is 1. The lowest BCUT2D eigenvalue weighted by molar-refractivity contribution is 0.129. The van der Waals surface area contributed by atoms with Crippen molar-refractivity contribution in [3.8, 4) is 5.75 Å². The highest BCUT2D eigenvalue weighted by atomic mass is 127. The van der Waals surface area contributed by atoms with Crippen molar-refractivity contribution in [2.45, 2.75) is 39.3 Å². The highest BCUT2D eigenvalue weighted by Gasteiger charge is 2.22. The van der Waals surface area contributed by atoms with E-state index in [1.807, 2.05) is 37.4 Å². The molecule has 142 valence electrons. The zero-order chi connectivity index (χ0) is 17.6. The summed E-state index contributed by atoms with van der Waals surface area (Å²) in [5, 5.41) is 4.55. The molecule has 0 unspecified atom stereocenters. The largest absolute Gasteiger partial charge is 0.490 e. The van der Waals surface area contributed by atoms with Crippen LogP contribution in [-0.2, 0) is 6.54 Å². The molecule has 0 spiro atoms.